The number of alkyl halides is 6. The molecule has 0 saturated carbocycles. The molecule has 0 saturated heterocycles. The van der Waals surface area contributed by atoms with Crippen LogP contribution in [0, 0.1) is 0 Å². The first kappa shape index (κ1) is 21.0. The maximum atomic E-state index is 13.0. The standard InChI is InChI=1S/C17H10F6N4O3/c18-16(19,20)8-3-1-7(2-4-8)13(28)26-27-12-6-10(24)9(17(21,22)23)5-11(12)25-14(29)15(27)30/h1-6H,24H2,(H,25,29)(H,26,28). The zero-order chi connectivity index (χ0) is 22.4. The van der Waals surface area contributed by atoms with Gasteiger partial charge in [0.25, 0.3) is 5.91 Å². The van der Waals surface area contributed by atoms with Gasteiger partial charge in [0.15, 0.2) is 0 Å². The van der Waals surface area contributed by atoms with Gasteiger partial charge in [0.2, 0.25) is 0 Å². The van der Waals surface area contributed by atoms with Gasteiger partial charge in [0.1, 0.15) is 0 Å². The Hall–Kier alpha value is -3.77. The van der Waals surface area contributed by atoms with Crippen LogP contribution in [-0.4, -0.2) is 15.6 Å². The summed E-state index contributed by atoms with van der Waals surface area (Å²) < 4.78 is 77.3. The number of halogens is 6. The molecule has 0 radical (unpaired) electrons. The van der Waals surface area contributed by atoms with Gasteiger partial charge < -0.3 is 10.7 Å². The molecular formula is C17H10F6N4O3. The first-order valence-corrected chi connectivity index (χ1v) is 7.93. The zero-order valence-electron chi connectivity index (χ0n) is 14.5. The Morgan fingerprint density at radius 3 is 2.10 bits per heavy atom. The van der Waals surface area contributed by atoms with Gasteiger partial charge in [0, 0.05) is 11.3 Å². The van der Waals surface area contributed by atoms with Gasteiger partial charge in [-0.15, -0.1) is 0 Å². The van der Waals surface area contributed by atoms with Crippen molar-refractivity contribution in [3.8, 4) is 0 Å². The van der Waals surface area contributed by atoms with Crippen LogP contribution in [0.15, 0.2) is 46.0 Å². The van der Waals surface area contributed by atoms with E-state index in [4.69, 9.17) is 5.73 Å². The largest absolute Gasteiger partial charge is 0.418 e. The van der Waals surface area contributed by atoms with Crippen molar-refractivity contribution >= 4 is 22.6 Å². The molecule has 0 unspecified atom stereocenters. The number of hydrogen-bond donors (Lipinski definition) is 3. The summed E-state index contributed by atoms with van der Waals surface area (Å²) in [7, 11) is 0. The normalized spacial score (nSPS) is 12.2. The van der Waals surface area contributed by atoms with Crippen molar-refractivity contribution < 1.29 is 31.1 Å². The van der Waals surface area contributed by atoms with Crippen molar-refractivity contribution in [1.29, 1.82) is 0 Å². The highest BCUT2D eigenvalue weighted by atomic mass is 19.4. The number of nitrogens with zero attached hydrogens (tertiary/aromatic N) is 1. The van der Waals surface area contributed by atoms with Crippen molar-refractivity contribution in [2.24, 2.45) is 0 Å². The summed E-state index contributed by atoms with van der Waals surface area (Å²) in [5.41, 5.74) is 0.495. The first-order chi connectivity index (χ1) is 13.8. The van der Waals surface area contributed by atoms with Crippen molar-refractivity contribution in [1.82, 2.24) is 9.66 Å². The van der Waals surface area contributed by atoms with Crippen molar-refractivity contribution in [3.05, 3.63) is 73.8 Å². The molecule has 0 fully saturated rings. The quantitative estimate of drug-likeness (QED) is 0.329. The minimum absolute atomic E-state index is 0.303. The number of anilines is 1. The second-order valence-corrected chi connectivity index (χ2v) is 6.07. The number of fused-ring (bicyclic) bond motifs is 1. The third-order valence-electron chi connectivity index (χ3n) is 4.05. The highest BCUT2D eigenvalue weighted by Crippen LogP contribution is 2.35. The minimum atomic E-state index is -4.85. The third kappa shape index (κ3) is 3.86. The summed E-state index contributed by atoms with van der Waals surface area (Å²) in [5, 5.41) is 0. The molecule has 13 heteroatoms. The number of hydrogen-bond acceptors (Lipinski definition) is 4. The zero-order valence-corrected chi connectivity index (χ0v) is 14.5. The highest BCUT2D eigenvalue weighted by molar-refractivity contribution is 6.00. The Kier molecular flexibility index (Phi) is 4.84. The highest BCUT2D eigenvalue weighted by Gasteiger charge is 2.34. The van der Waals surface area contributed by atoms with E-state index in [0.717, 1.165) is 18.2 Å². The molecule has 0 atom stereocenters. The van der Waals surface area contributed by atoms with Crippen LogP contribution in [0.2, 0.25) is 0 Å². The Labute approximate surface area is 161 Å². The molecule has 0 aliphatic heterocycles. The monoisotopic (exact) mass is 432 g/mol. The lowest BCUT2D eigenvalue weighted by molar-refractivity contribution is -0.138. The summed E-state index contributed by atoms with van der Waals surface area (Å²) in [6, 6.07) is 4.13. The number of carbonyl (C=O) groups excluding carboxylic acids is 1. The number of aromatic amines is 1. The average molecular weight is 432 g/mol. The fourth-order valence-electron chi connectivity index (χ4n) is 2.61. The Morgan fingerprint density at radius 2 is 1.57 bits per heavy atom. The fourth-order valence-corrected chi connectivity index (χ4v) is 2.61. The van der Waals surface area contributed by atoms with Gasteiger partial charge in [0.05, 0.1) is 22.2 Å². The number of H-pyrrole nitrogens is 1. The molecule has 1 heterocycles. The maximum Gasteiger partial charge on any atom is 0.418 e. The van der Waals surface area contributed by atoms with E-state index in [1.807, 2.05) is 10.4 Å². The lowest BCUT2D eigenvalue weighted by Gasteiger charge is -2.15. The molecule has 2 aromatic carbocycles. The van der Waals surface area contributed by atoms with Gasteiger partial charge in [-0.25, -0.2) is 4.68 Å². The number of nitrogens with one attached hydrogen (secondary N) is 2. The summed E-state index contributed by atoms with van der Waals surface area (Å²) in [4.78, 5) is 38.2. The number of nitrogens with two attached hydrogens (primary N) is 1. The van der Waals surface area contributed by atoms with Gasteiger partial charge in [-0.05, 0) is 36.4 Å². The molecule has 1 amide bonds. The Balaban J connectivity index is 2.08. The van der Waals surface area contributed by atoms with Gasteiger partial charge >= 0.3 is 23.5 Å². The molecule has 3 rings (SSSR count). The van der Waals surface area contributed by atoms with E-state index in [1.165, 1.54) is 0 Å². The summed E-state index contributed by atoms with van der Waals surface area (Å²) in [5.74, 6) is -1.09. The lowest BCUT2D eigenvalue weighted by atomic mass is 10.1. The van der Waals surface area contributed by atoms with Crippen molar-refractivity contribution in [2.45, 2.75) is 12.4 Å². The van der Waals surface area contributed by atoms with Crippen LogP contribution in [0.3, 0.4) is 0 Å². The van der Waals surface area contributed by atoms with Crippen LogP contribution in [0.25, 0.3) is 11.0 Å². The predicted molar refractivity (Wildman–Crippen MR) is 93.4 cm³/mol. The maximum absolute atomic E-state index is 13.0. The molecule has 7 nitrogen and oxygen atoms in total. The molecule has 4 N–H and O–H groups in total. The number of aromatic nitrogens is 2. The Morgan fingerprint density at radius 1 is 0.967 bits per heavy atom. The topological polar surface area (TPSA) is 110 Å². The molecule has 0 spiro atoms. The lowest BCUT2D eigenvalue weighted by Crippen LogP contribution is -2.42. The summed E-state index contributed by atoms with van der Waals surface area (Å²) in [6.07, 6.45) is -9.48. The molecule has 1 aromatic heterocycles. The third-order valence-corrected chi connectivity index (χ3v) is 4.05. The number of benzene rings is 2. The fraction of sp³-hybridized carbons (Fsp3) is 0.118. The van der Waals surface area contributed by atoms with E-state index >= 15 is 0 Å². The van der Waals surface area contributed by atoms with E-state index in [1.54, 1.807) is 0 Å². The number of rotatable bonds is 2. The van der Waals surface area contributed by atoms with Crippen LogP contribution >= 0.6 is 0 Å². The van der Waals surface area contributed by atoms with Crippen molar-refractivity contribution in [3.63, 3.8) is 0 Å². The minimum Gasteiger partial charge on any atom is -0.398 e. The number of carbonyl (C=O) groups is 1. The summed E-state index contributed by atoms with van der Waals surface area (Å²) >= 11 is 0. The predicted octanol–water partition coefficient (Wildman–Crippen LogP) is 2.69. The van der Waals surface area contributed by atoms with Gasteiger partial charge in [-0.3, -0.25) is 19.8 Å². The van der Waals surface area contributed by atoms with E-state index in [2.05, 4.69) is 0 Å². The average Bonchev–Trinajstić information content (AvgIpc) is 2.64. The number of nitrogen functional groups attached to an aromatic ring is 1. The SMILES string of the molecule is Nc1cc2c(cc1C(F)(F)F)[nH]c(=O)c(=O)n2NC(=O)c1ccc(C(F)(F)F)cc1. The smallest absolute Gasteiger partial charge is 0.398 e. The Bertz CT molecular complexity index is 1260. The van der Waals surface area contributed by atoms with Gasteiger partial charge in [-0.2, -0.15) is 26.3 Å². The molecule has 0 aliphatic carbocycles. The van der Waals surface area contributed by atoms with Crippen LogP contribution in [0.4, 0.5) is 32.0 Å². The van der Waals surface area contributed by atoms with Gasteiger partial charge in [-0.1, -0.05) is 0 Å². The second-order valence-electron chi connectivity index (χ2n) is 6.07. The van der Waals surface area contributed by atoms with E-state index in [0.29, 0.717) is 22.9 Å². The first-order valence-electron chi connectivity index (χ1n) is 7.93. The van der Waals surface area contributed by atoms with Crippen LogP contribution in [0.5, 0.6) is 0 Å². The number of amides is 1. The molecular weight excluding hydrogens is 422 g/mol. The van der Waals surface area contributed by atoms with Crippen molar-refractivity contribution in [2.75, 3.05) is 11.2 Å². The van der Waals surface area contributed by atoms with Crippen LogP contribution in [-0.2, 0) is 12.4 Å². The summed E-state index contributed by atoms with van der Waals surface area (Å²) in [6.45, 7) is 0. The molecule has 0 bridgehead atoms. The van der Waals surface area contributed by atoms with E-state index < -0.39 is 51.7 Å². The van der Waals surface area contributed by atoms with E-state index in [-0.39, 0.29) is 11.1 Å². The molecule has 3 aromatic rings. The molecule has 30 heavy (non-hydrogen) atoms. The molecule has 0 aliphatic rings. The molecule has 158 valence electrons. The van der Waals surface area contributed by atoms with Crippen LogP contribution in [0.1, 0.15) is 21.5 Å². The second kappa shape index (κ2) is 6.93. The van der Waals surface area contributed by atoms with Crippen LogP contribution < -0.4 is 22.3 Å². The van der Waals surface area contributed by atoms with E-state index in [9.17, 15) is 40.7 Å².